The van der Waals surface area contributed by atoms with Crippen LogP contribution >= 0.6 is 0 Å². The van der Waals surface area contributed by atoms with E-state index in [1.165, 1.54) is 12.1 Å². The highest BCUT2D eigenvalue weighted by atomic mass is 19.1. The molecule has 0 aliphatic rings. The fourth-order valence-electron chi connectivity index (χ4n) is 1.81. The average molecular weight is 248 g/mol. The highest BCUT2D eigenvalue weighted by Crippen LogP contribution is 2.21. The molecule has 2 aromatic rings. The van der Waals surface area contributed by atoms with Crippen molar-refractivity contribution in [3.8, 4) is 11.3 Å². The maximum atomic E-state index is 12.9. The molecule has 1 aromatic carbocycles. The van der Waals surface area contributed by atoms with E-state index in [-0.39, 0.29) is 12.2 Å². The van der Waals surface area contributed by atoms with Gasteiger partial charge < -0.3 is 5.11 Å². The van der Waals surface area contributed by atoms with Crippen molar-refractivity contribution < 1.29 is 14.3 Å². The Kier molecular flexibility index (Phi) is 3.41. The molecule has 2 rings (SSSR count). The van der Waals surface area contributed by atoms with Crippen LogP contribution in [-0.2, 0) is 17.8 Å². The number of hydrogen-bond donors (Lipinski definition) is 1. The third-order valence-electron chi connectivity index (χ3n) is 2.60. The zero-order valence-corrected chi connectivity index (χ0v) is 9.93. The van der Waals surface area contributed by atoms with E-state index in [1.54, 1.807) is 22.9 Å². The molecule has 0 aliphatic heterocycles. The molecule has 0 bridgehead atoms. The lowest BCUT2D eigenvalue weighted by Gasteiger charge is -2.03. The van der Waals surface area contributed by atoms with Gasteiger partial charge in [0.05, 0.1) is 17.8 Å². The van der Waals surface area contributed by atoms with Crippen LogP contribution in [0.3, 0.4) is 0 Å². The van der Waals surface area contributed by atoms with E-state index in [2.05, 4.69) is 5.10 Å². The molecule has 1 N–H and O–H groups in total. The highest BCUT2D eigenvalue weighted by Gasteiger charge is 2.11. The normalized spacial score (nSPS) is 10.6. The minimum absolute atomic E-state index is 0.110. The number of rotatable bonds is 4. The Hall–Kier alpha value is -2.17. The van der Waals surface area contributed by atoms with Gasteiger partial charge in [-0.25, -0.2) is 4.39 Å². The lowest BCUT2D eigenvalue weighted by Crippen LogP contribution is -2.03. The lowest BCUT2D eigenvalue weighted by atomic mass is 10.1. The van der Waals surface area contributed by atoms with Crippen molar-refractivity contribution in [2.24, 2.45) is 0 Å². The topological polar surface area (TPSA) is 55.1 Å². The molecule has 1 aromatic heterocycles. The number of carboxylic acid groups (broad SMARTS) is 1. The van der Waals surface area contributed by atoms with Gasteiger partial charge in [0.1, 0.15) is 5.82 Å². The molecule has 0 fully saturated rings. The Labute approximate surface area is 104 Å². The molecule has 0 atom stereocenters. The van der Waals surface area contributed by atoms with Gasteiger partial charge >= 0.3 is 5.97 Å². The number of nitrogens with zero attached hydrogens (tertiary/aromatic N) is 2. The number of carbonyl (C=O) groups is 1. The second-order valence-electron chi connectivity index (χ2n) is 3.91. The van der Waals surface area contributed by atoms with Crippen molar-refractivity contribution in [2.75, 3.05) is 0 Å². The van der Waals surface area contributed by atoms with Crippen LogP contribution in [0.1, 0.15) is 12.6 Å². The van der Waals surface area contributed by atoms with Gasteiger partial charge in [-0.05, 0) is 42.8 Å². The summed E-state index contributed by atoms with van der Waals surface area (Å²) < 4.78 is 14.6. The van der Waals surface area contributed by atoms with Gasteiger partial charge in [-0.3, -0.25) is 9.48 Å². The summed E-state index contributed by atoms with van der Waals surface area (Å²) in [6.07, 6.45) is -0.110. The first-order chi connectivity index (χ1) is 8.60. The van der Waals surface area contributed by atoms with Crippen LogP contribution in [0.15, 0.2) is 30.3 Å². The molecule has 5 heteroatoms. The Morgan fingerprint density at radius 1 is 1.39 bits per heavy atom. The second kappa shape index (κ2) is 5.00. The fourth-order valence-corrected chi connectivity index (χ4v) is 1.81. The summed E-state index contributed by atoms with van der Waals surface area (Å²) in [5.41, 5.74) is 2.12. The third kappa shape index (κ3) is 2.56. The van der Waals surface area contributed by atoms with E-state index >= 15 is 0 Å². The Morgan fingerprint density at radius 2 is 2.06 bits per heavy atom. The molecular weight excluding hydrogens is 235 g/mol. The van der Waals surface area contributed by atoms with Gasteiger partial charge in [0.25, 0.3) is 0 Å². The lowest BCUT2D eigenvalue weighted by molar-refractivity contribution is -0.136. The van der Waals surface area contributed by atoms with Gasteiger partial charge in [0.2, 0.25) is 0 Å². The predicted octanol–water partition coefficient (Wildman–Crippen LogP) is 2.34. The molecule has 0 saturated heterocycles. The minimum atomic E-state index is -0.915. The molecule has 0 aliphatic carbocycles. The summed E-state index contributed by atoms with van der Waals surface area (Å²) in [7, 11) is 0. The number of halogens is 1. The summed E-state index contributed by atoms with van der Waals surface area (Å²) >= 11 is 0. The van der Waals surface area contributed by atoms with Crippen molar-refractivity contribution in [3.63, 3.8) is 0 Å². The fraction of sp³-hybridized carbons (Fsp3) is 0.231. The van der Waals surface area contributed by atoms with Crippen LogP contribution in [0, 0.1) is 5.82 Å². The number of hydrogen-bond acceptors (Lipinski definition) is 2. The van der Waals surface area contributed by atoms with E-state index in [9.17, 15) is 9.18 Å². The number of benzene rings is 1. The Balaban J connectivity index is 2.39. The number of carboxylic acids is 1. The van der Waals surface area contributed by atoms with Crippen molar-refractivity contribution in [3.05, 3.63) is 41.8 Å². The molecule has 0 radical (unpaired) electrons. The molecule has 4 nitrogen and oxygen atoms in total. The molecular formula is C13H13FN2O2. The first-order valence-electron chi connectivity index (χ1n) is 5.64. The van der Waals surface area contributed by atoms with E-state index in [0.29, 0.717) is 12.2 Å². The van der Waals surface area contributed by atoms with E-state index in [4.69, 9.17) is 5.11 Å². The van der Waals surface area contributed by atoms with Crippen molar-refractivity contribution in [1.82, 2.24) is 9.78 Å². The summed E-state index contributed by atoms with van der Waals surface area (Å²) in [6.45, 7) is 2.55. The Morgan fingerprint density at radius 3 is 2.61 bits per heavy atom. The predicted molar refractivity (Wildman–Crippen MR) is 64.6 cm³/mol. The number of aryl methyl sites for hydroxylation is 1. The molecule has 0 spiro atoms. The third-order valence-corrected chi connectivity index (χ3v) is 2.60. The minimum Gasteiger partial charge on any atom is -0.481 e. The second-order valence-corrected chi connectivity index (χ2v) is 3.91. The maximum Gasteiger partial charge on any atom is 0.309 e. The molecule has 0 amide bonds. The summed E-state index contributed by atoms with van der Waals surface area (Å²) in [5.74, 6) is -1.21. The molecule has 94 valence electrons. The Bertz CT molecular complexity index is 561. The van der Waals surface area contributed by atoms with Crippen molar-refractivity contribution in [2.45, 2.75) is 19.9 Å². The van der Waals surface area contributed by atoms with Crippen LogP contribution in [0.25, 0.3) is 11.3 Å². The van der Waals surface area contributed by atoms with Gasteiger partial charge in [0.15, 0.2) is 0 Å². The summed E-state index contributed by atoms with van der Waals surface area (Å²) in [5, 5.41) is 13.0. The average Bonchev–Trinajstić information content (AvgIpc) is 2.72. The molecule has 0 unspecified atom stereocenters. The smallest absolute Gasteiger partial charge is 0.309 e. The van der Waals surface area contributed by atoms with Crippen LogP contribution in [0.5, 0.6) is 0 Å². The van der Waals surface area contributed by atoms with Crippen molar-refractivity contribution >= 4 is 5.97 Å². The molecule has 0 saturated carbocycles. The zero-order chi connectivity index (χ0) is 13.1. The first kappa shape index (κ1) is 12.3. The maximum absolute atomic E-state index is 12.9. The van der Waals surface area contributed by atoms with E-state index in [1.807, 2.05) is 6.92 Å². The van der Waals surface area contributed by atoms with Crippen molar-refractivity contribution in [1.29, 1.82) is 0 Å². The number of aromatic nitrogens is 2. The monoisotopic (exact) mass is 248 g/mol. The van der Waals surface area contributed by atoms with Gasteiger partial charge in [0, 0.05) is 6.54 Å². The molecule has 18 heavy (non-hydrogen) atoms. The van der Waals surface area contributed by atoms with Crippen LogP contribution in [0.4, 0.5) is 4.39 Å². The van der Waals surface area contributed by atoms with E-state index in [0.717, 1.165) is 11.3 Å². The highest BCUT2D eigenvalue weighted by molar-refractivity contribution is 5.70. The quantitative estimate of drug-likeness (QED) is 0.903. The van der Waals surface area contributed by atoms with Gasteiger partial charge in [-0.15, -0.1) is 0 Å². The van der Waals surface area contributed by atoms with Crippen LogP contribution in [-0.4, -0.2) is 20.9 Å². The van der Waals surface area contributed by atoms with Crippen LogP contribution < -0.4 is 0 Å². The largest absolute Gasteiger partial charge is 0.481 e. The summed E-state index contributed by atoms with van der Waals surface area (Å²) in [4.78, 5) is 10.7. The van der Waals surface area contributed by atoms with Gasteiger partial charge in [-0.1, -0.05) is 0 Å². The van der Waals surface area contributed by atoms with E-state index < -0.39 is 5.97 Å². The number of aliphatic carboxylic acids is 1. The molecule has 1 heterocycles. The van der Waals surface area contributed by atoms with Crippen LogP contribution in [0.2, 0.25) is 0 Å². The SMILES string of the molecule is CCn1nc(CC(=O)O)cc1-c1ccc(F)cc1. The van der Waals surface area contributed by atoms with Gasteiger partial charge in [-0.2, -0.15) is 5.10 Å². The summed E-state index contributed by atoms with van der Waals surface area (Å²) in [6, 6.07) is 7.79. The first-order valence-corrected chi connectivity index (χ1v) is 5.64. The standard InChI is InChI=1S/C13H13FN2O2/c1-2-16-12(7-11(15-16)8-13(17)18)9-3-5-10(14)6-4-9/h3-7H,2,8H2,1H3,(H,17,18). The zero-order valence-electron chi connectivity index (χ0n) is 9.93.